The quantitative estimate of drug-likeness (QED) is 0.938. The number of halogens is 1. The topological polar surface area (TPSA) is 42.4 Å². The number of hydrogen-bond donors (Lipinski definition) is 1. The summed E-state index contributed by atoms with van der Waals surface area (Å²) in [6, 6.07) is 11.1. The van der Waals surface area contributed by atoms with E-state index >= 15 is 0 Å². The van der Waals surface area contributed by atoms with Crippen LogP contribution in [0.3, 0.4) is 0 Å². The zero-order valence-electron chi connectivity index (χ0n) is 9.30. The van der Waals surface area contributed by atoms with Crippen molar-refractivity contribution in [3.63, 3.8) is 0 Å². The predicted octanol–water partition coefficient (Wildman–Crippen LogP) is 3.69. The Labute approximate surface area is 108 Å². The third-order valence-corrected chi connectivity index (χ3v) is 2.71. The van der Waals surface area contributed by atoms with Crippen LogP contribution in [-0.2, 0) is 0 Å². The number of aliphatic hydroxyl groups excluding tert-OH is 1. The molecule has 1 N–H and O–H groups in total. The van der Waals surface area contributed by atoms with Crippen LogP contribution in [0.15, 0.2) is 47.1 Å². The number of hydrogen-bond acceptors (Lipinski definition) is 3. The van der Waals surface area contributed by atoms with Crippen LogP contribution < -0.4 is 4.74 Å². The average molecular weight is 294 g/mol. The molecular weight excluding hydrogens is 282 g/mol. The van der Waals surface area contributed by atoms with E-state index in [9.17, 15) is 5.11 Å². The fourth-order valence-corrected chi connectivity index (χ4v) is 1.74. The smallest absolute Gasteiger partial charge is 0.145 e. The van der Waals surface area contributed by atoms with E-state index in [1.807, 2.05) is 24.3 Å². The van der Waals surface area contributed by atoms with Crippen LogP contribution in [0.1, 0.15) is 18.7 Å². The van der Waals surface area contributed by atoms with Crippen molar-refractivity contribution in [2.75, 3.05) is 0 Å². The van der Waals surface area contributed by atoms with Gasteiger partial charge in [0, 0.05) is 4.47 Å². The van der Waals surface area contributed by atoms with E-state index in [0.717, 1.165) is 10.2 Å². The Morgan fingerprint density at radius 2 is 2.06 bits per heavy atom. The zero-order chi connectivity index (χ0) is 12.3. The molecule has 4 heteroatoms. The molecule has 0 aliphatic heterocycles. The molecule has 0 saturated carbocycles. The number of ether oxygens (including phenoxy) is 1. The Morgan fingerprint density at radius 1 is 1.24 bits per heavy atom. The van der Waals surface area contributed by atoms with Crippen molar-refractivity contribution in [1.82, 2.24) is 4.98 Å². The van der Waals surface area contributed by atoms with E-state index in [1.165, 1.54) is 0 Å². The average Bonchev–Trinajstić information content (AvgIpc) is 2.29. The van der Waals surface area contributed by atoms with Crippen LogP contribution in [-0.4, -0.2) is 10.1 Å². The molecule has 1 atom stereocenters. The predicted molar refractivity (Wildman–Crippen MR) is 69.1 cm³/mol. The first kappa shape index (κ1) is 12.1. The maximum absolute atomic E-state index is 9.33. The fourth-order valence-electron chi connectivity index (χ4n) is 1.37. The van der Waals surface area contributed by atoms with Gasteiger partial charge in [0.05, 0.1) is 18.0 Å². The van der Waals surface area contributed by atoms with E-state index in [-0.39, 0.29) is 0 Å². The minimum absolute atomic E-state index is 0.560. The van der Waals surface area contributed by atoms with Gasteiger partial charge in [-0.2, -0.15) is 0 Å². The van der Waals surface area contributed by atoms with Crippen LogP contribution in [0.2, 0.25) is 0 Å². The molecule has 88 valence electrons. The first-order chi connectivity index (χ1) is 8.15. The van der Waals surface area contributed by atoms with Crippen molar-refractivity contribution in [1.29, 1.82) is 0 Å². The van der Waals surface area contributed by atoms with Gasteiger partial charge in [-0.25, -0.2) is 0 Å². The Kier molecular flexibility index (Phi) is 3.76. The molecule has 17 heavy (non-hydrogen) atoms. The van der Waals surface area contributed by atoms with E-state index in [2.05, 4.69) is 20.9 Å². The molecule has 0 bridgehead atoms. The summed E-state index contributed by atoms with van der Waals surface area (Å²) in [5.41, 5.74) is 0.631. The van der Waals surface area contributed by atoms with Gasteiger partial charge < -0.3 is 9.84 Å². The van der Waals surface area contributed by atoms with Gasteiger partial charge in [-0.05, 0) is 37.3 Å². The lowest BCUT2D eigenvalue weighted by molar-refractivity contribution is 0.194. The van der Waals surface area contributed by atoms with E-state index in [4.69, 9.17) is 4.74 Å². The number of rotatable bonds is 3. The molecule has 2 rings (SSSR count). The van der Waals surface area contributed by atoms with Gasteiger partial charge in [-0.1, -0.05) is 22.0 Å². The standard InChI is InChI=1S/C13H12BrNO2/c1-9(16)13-6-5-12(8-15-13)17-11-4-2-3-10(14)7-11/h2-9,16H,1H3. The third kappa shape index (κ3) is 3.28. The number of pyridine rings is 1. The Morgan fingerprint density at radius 3 is 2.65 bits per heavy atom. The molecule has 0 aliphatic rings. The van der Waals surface area contributed by atoms with E-state index in [0.29, 0.717) is 11.4 Å². The van der Waals surface area contributed by atoms with Gasteiger partial charge in [0.25, 0.3) is 0 Å². The second-order valence-electron chi connectivity index (χ2n) is 3.65. The Hall–Kier alpha value is -1.39. The summed E-state index contributed by atoms with van der Waals surface area (Å²) in [6.07, 6.45) is 1.04. The molecular formula is C13H12BrNO2. The van der Waals surface area contributed by atoms with Crippen LogP contribution in [0.5, 0.6) is 11.5 Å². The Balaban J connectivity index is 2.14. The van der Waals surface area contributed by atoms with Crippen molar-refractivity contribution in [3.8, 4) is 11.5 Å². The monoisotopic (exact) mass is 293 g/mol. The van der Waals surface area contributed by atoms with Gasteiger partial charge in [0.1, 0.15) is 11.5 Å². The lowest BCUT2D eigenvalue weighted by atomic mass is 10.2. The summed E-state index contributed by atoms with van der Waals surface area (Å²) in [4.78, 5) is 4.11. The molecule has 0 amide bonds. The van der Waals surface area contributed by atoms with Gasteiger partial charge in [0.15, 0.2) is 0 Å². The van der Waals surface area contributed by atoms with Crippen molar-refractivity contribution in [3.05, 3.63) is 52.8 Å². The minimum Gasteiger partial charge on any atom is -0.456 e. The van der Waals surface area contributed by atoms with Gasteiger partial charge >= 0.3 is 0 Å². The summed E-state index contributed by atoms with van der Waals surface area (Å²) in [5.74, 6) is 1.39. The van der Waals surface area contributed by atoms with Crippen LogP contribution in [0, 0.1) is 0 Å². The number of nitrogens with zero attached hydrogens (tertiary/aromatic N) is 1. The summed E-state index contributed by atoms with van der Waals surface area (Å²) in [6.45, 7) is 1.68. The zero-order valence-corrected chi connectivity index (χ0v) is 10.9. The number of aliphatic hydroxyl groups is 1. The molecule has 1 aromatic heterocycles. The molecule has 0 radical (unpaired) electrons. The molecule has 1 heterocycles. The molecule has 1 unspecified atom stereocenters. The number of benzene rings is 1. The maximum atomic E-state index is 9.33. The minimum atomic E-state index is -0.560. The van der Waals surface area contributed by atoms with E-state index < -0.39 is 6.10 Å². The highest BCUT2D eigenvalue weighted by Crippen LogP contribution is 2.24. The van der Waals surface area contributed by atoms with Crippen molar-refractivity contribution in [2.45, 2.75) is 13.0 Å². The molecule has 0 spiro atoms. The SMILES string of the molecule is CC(O)c1ccc(Oc2cccc(Br)c2)cn1. The lowest BCUT2D eigenvalue weighted by Gasteiger charge is -2.07. The van der Waals surface area contributed by atoms with Crippen molar-refractivity contribution in [2.24, 2.45) is 0 Å². The maximum Gasteiger partial charge on any atom is 0.145 e. The number of aromatic nitrogens is 1. The van der Waals surface area contributed by atoms with Crippen molar-refractivity contribution >= 4 is 15.9 Å². The largest absolute Gasteiger partial charge is 0.456 e. The lowest BCUT2D eigenvalue weighted by Crippen LogP contribution is -1.95. The second-order valence-corrected chi connectivity index (χ2v) is 4.57. The van der Waals surface area contributed by atoms with Crippen LogP contribution in [0.25, 0.3) is 0 Å². The summed E-state index contributed by atoms with van der Waals surface area (Å²) >= 11 is 3.38. The summed E-state index contributed by atoms with van der Waals surface area (Å²) in [7, 11) is 0. The first-order valence-corrected chi connectivity index (χ1v) is 6.02. The molecule has 3 nitrogen and oxygen atoms in total. The van der Waals surface area contributed by atoms with Gasteiger partial charge in [0.2, 0.25) is 0 Å². The molecule has 0 saturated heterocycles. The van der Waals surface area contributed by atoms with Gasteiger partial charge in [-0.15, -0.1) is 0 Å². The van der Waals surface area contributed by atoms with Gasteiger partial charge in [-0.3, -0.25) is 4.98 Å². The molecule has 0 fully saturated rings. The fraction of sp³-hybridized carbons (Fsp3) is 0.154. The highest BCUT2D eigenvalue weighted by Gasteiger charge is 2.03. The summed E-state index contributed by atoms with van der Waals surface area (Å²) in [5, 5.41) is 9.33. The third-order valence-electron chi connectivity index (χ3n) is 2.22. The molecule has 0 aliphatic carbocycles. The Bertz CT molecular complexity index is 497. The van der Waals surface area contributed by atoms with E-state index in [1.54, 1.807) is 25.3 Å². The molecule has 2 aromatic rings. The van der Waals surface area contributed by atoms with Crippen molar-refractivity contribution < 1.29 is 9.84 Å². The molecule has 1 aromatic carbocycles. The first-order valence-electron chi connectivity index (χ1n) is 5.22. The highest BCUT2D eigenvalue weighted by molar-refractivity contribution is 9.10. The van der Waals surface area contributed by atoms with Crippen LogP contribution in [0.4, 0.5) is 0 Å². The summed E-state index contributed by atoms with van der Waals surface area (Å²) < 4.78 is 6.58. The van der Waals surface area contributed by atoms with Crippen LogP contribution >= 0.6 is 15.9 Å². The second kappa shape index (κ2) is 5.29. The highest BCUT2D eigenvalue weighted by atomic mass is 79.9. The normalized spacial score (nSPS) is 12.2.